The Morgan fingerprint density at radius 1 is 1.12 bits per heavy atom. The second-order valence-electron chi connectivity index (χ2n) is 10.7. The van der Waals surface area contributed by atoms with Crippen molar-refractivity contribution in [2.45, 2.75) is 62.8 Å². The summed E-state index contributed by atoms with van der Waals surface area (Å²) in [6, 6.07) is 0.942. The summed E-state index contributed by atoms with van der Waals surface area (Å²) in [4.78, 5) is 25.0. The van der Waals surface area contributed by atoms with E-state index in [-0.39, 0.29) is 16.9 Å². The van der Waals surface area contributed by atoms with Gasteiger partial charge in [-0.05, 0) is 73.8 Å². The van der Waals surface area contributed by atoms with E-state index in [4.69, 9.17) is 4.74 Å². The number of carbonyl (C=O) groups excluding carboxylic acids is 1. The summed E-state index contributed by atoms with van der Waals surface area (Å²) < 4.78 is 48.9. The third kappa shape index (κ3) is 3.05. The summed E-state index contributed by atoms with van der Waals surface area (Å²) in [6.45, 7) is -0.470. The molecule has 1 saturated heterocycles. The minimum Gasteiger partial charge on any atom is -0.493 e. The second-order valence-corrected chi connectivity index (χ2v) is 10.7. The molecule has 2 unspecified atom stereocenters. The Bertz CT molecular complexity index is 993. The number of likely N-dealkylation sites (tertiary alicyclic amines) is 1. The van der Waals surface area contributed by atoms with Crippen LogP contribution in [0.5, 0.6) is 5.75 Å². The Kier molecular flexibility index (Phi) is 4.22. The summed E-state index contributed by atoms with van der Waals surface area (Å²) in [7, 11) is 0. The van der Waals surface area contributed by atoms with Gasteiger partial charge in [-0.15, -0.1) is 0 Å². The number of carboxylic acid groups (broad SMARTS) is 1. The topological polar surface area (TPSA) is 66.8 Å². The average molecular weight is 449 g/mol. The number of aliphatic carboxylic acids is 1. The molecular weight excluding hydrogens is 423 g/mol. The van der Waals surface area contributed by atoms with E-state index in [9.17, 15) is 23.5 Å². The molecule has 8 heteroatoms. The Balaban J connectivity index is 1.27. The van der Waals surface area contributed by atoms with Crippen molar-refractivity contribution in [1.29, 1.82) is 0 Å². The molecule has 1 aromatic rings. The fourth-order valence-electron chi connectivity index (χ4n) is 7.11. The summed E-state index contributed by atoms with van der Waals surface area (Å²) in [5.41, 5.74) is 0.561. The largest absolute Gasteiger partial charge is 0.493 e. The van der Waals surface area contributed by atoms with Crippen LogP contribution in [0.1, 0.15) is 66.8 Å². The number of nitrogens with zero attached hydrogens (tertiary/aromatic N) is 1. The molecule has 5 saturated carbocycles. The van der Waals surface area contributed by atoms with Crippen molar-refractivity contribution in [2.24, 2.45) is 23.2 Å². The summed E-state index contributed by atoms with van der Waals surface area (Å²) in [5, 5.41) is 9.29. The van der Waals surface area contributed by atoms with Gasteiger partial charge in [-0.25, -0.2) is 18.0 Å². The minimum atomic E-state index is -3.31. The first kappa shape index (κ1) is 20.4. The van der Waals surface area contributed by atoms with E-state index in [1.165, 1.54) is 37.8 Å². The first-order valence-electron chi connectivity index (χ1n) is 11.5. The SMILES string of the molecule is O=C(O)[C@@H]1CC(F)(F)CN1C(=O)c1cc(C2CC2)c(OCC23CC4CC2CC4C3)cc1F. The van der Waals surface area contributed by atoms with E-state index in [1.54, 1.807) is 0 Å². The van der Waals surface area contributed by atoms with Gasteiger partial charge in [-0.1, -0.05) is 0 Å². The van der Waals surface area contributed by atoms with Crippen molar-refractivity contribution >= 4 is 11.9 Å². The molecule has 1 N–H and O–H groups in total. The van der Waals surface area contributed by atoms with Gasteiger partial charge in [0.2, 0.25) is 0 Å². The standard InChI is InChI=1S/C24H26F3NO4/c25-18-6-20(32-11-23-7-13-3-15(23)4-14(13)8-23)16(12-1-2-12)5-17(18)21(29)28-10-24(26,27)9-19(28)22(30)31/h5-6,12-15,19H,1-4,7-11H2,(H,30,31)/t13?,14?,15?,19-,23?/m0/s1. The van der Waals surface area contributed by atoms with Crippen molar-refractivity contribution < 1.29 is 32.6 Å². The molecule has 1 aliphatic heterocycles. The van der Waals surface area contributed by atoms with Crippen LogP contribution in [0.25, 0.3) is 0 Å². The van der Waals surface area contributed by atoms with Gasteiger partial charge in [-0.2, -0.15) is 0 Å². The van der Waals surface area contributed by atoms with Crippen molar-refractivity contribution in [2.75, 3.05) is 13.2 Å². The van der Waals surface area contributed by atoms with Crippen LogP contribution in [0.2, 0.25) is 0 Å². The molecular formula is C24H26F3NO4. The third-order valence-electron chi connectivity index (χ3n) is 8.72. The van der Waals surface area contributed by atoms with Gasteiger partial charge in [0, 0.05) is 17.9 Å². The molecule has 1 amide bonds. The predicted octanol–water partition coefficient (Wildman–Crippen LogP) is 4.45. The fourth-order valence-corrected chi connectivity index (χ4v) is 7.11. The second kappa shape index (κ2) is 6.64. The van der Waals surface area contributed by atoms with Crippen LogP contribution in [-0.2, 0) is 4.79 Å². The van der Waals surface area contributed by atoms with Gasteiger partial charge in [-0.3, -0.25) is 4.79 Å². The van der Waals surface area contributed by atoms with Crippen LogP contribution in [0.3, 0.4) is 0 Å². The molecule has 1 heterocycles. The highest BCUT2D eigenvalue weighted by Crippen LogP contribution is 2.70. The lowest BCUT2D eigenvalue weighted by atomic mass is 9.82. The van der Waals surface area contributed by atoms with Gasteiger partial charge >= 0.3 is 5.97 Å². The van der Waals surface area contributed by atoms with Crippen LogP contribution < -0.4 is 4.74 Å². The highest BCUT2D eigenvalue weighted by Gasteiger charge is 2.63. The summed E-state index contributed by atoms with van der Waals surface area (Å²) >= 11 is 0. The highest BCUT2D eigenvalue weighted by atomic mass is 19.3. The molecule has 0 radical (unpaired) electrons. The number of rotatable bonds is 6. The molecule has 4 bridgehead atoms. The van der Waals surface area contributed by atoms with Gasteiger partial charge in [0.05, 0.1) is 18.7 Å². The van der Waals surface area contributed by atoms with Gasteiger partial charge in [0.25, 0.3) is 11.8 Å². The molecule has 6 aliphatic rings. The number of carboxylic acids is 1. The zero-order valence-electron chi connectivity index (χ0n) is 17.7. The maximum absolute atomic E-state index is 15.0. The predicted molar refractivity (Wildman–Crippen MR) is 107 cm³/mol. The van der Waals surface area contributed by atoms with Crippen molar-refractivity contribution in [3.63, 3.8) is 0 Å². The molecule has 6 fully saturated rings. The molecule has 0 spiro atoms. The monoisotopic (exact) mass is 449 g/mol. The van der Waals surface area contributed by atoms with Crippen molar-refractivity contribution in [1.82, 2.24) is 4.90 Å². The minimum absolute atomic E-state index is 0.151. The number of carbonyl (C=O) groups is 2. The van der Waals surface area contributed by atoms with Crippen molar-refractivity contribution in [3.05, 3.63) is 29.1 Å². The van der Waals surface area contributed by atoms with Crippen molar-refractivity contribution in [3.8, 4) is 5.75 Å². The Labute approximate surface area is 183 Å². The van der Waals surface area contributed by atoms with E-state index in [2.05, 4.69) is 0 Å². The van der Waals surface area contributed by atoms with Gasteiger partial charge in [0.15, 0.2) is 0 Å². The first-order chi connectivity index (χ1) is 15.2. The van der Waals surface area contributed by atoms with Crippen LogP contribution in [0, 0.1) is 29.0 Å². The molecule has 32 heavy (non-hydrogen) atoms. The first-order valence-corrected chi connectivity index (χ1v) is 11.5. The molecule has 5 aliphatic carbocycles. The lowest BCUT2D eigenvalue weighted by Crippen LogP contribution is -2.41. The number of amides is 1. The van der Waals surface area contributed by atoms with E-state index in [0.717, 1.165) is 30.2 Å². The number of alkyl halides is 2. The summed E-state index contributed by atoms with van der Waals surface area (Å²) in [6.07, 6.45) is 5.74. The fraction of sp³-hybridized carbons (Fsp3) is 0.667. The Hall–Kier alpha value is -2.25. The zero-order chi connectivity index (χ0) is 22.4. The normalized spacial score (nSPS) is 36.3. The average Bonchev–Trinajstić information content (AvgIpc) is 2.98. The van der Waals surface area contributed by atoms with Crippen LogP contribution in [0.4, 0.5) is 13.2 Å². The molecule has 1 aromatic carbocycles. The van der Waals surface area contributed by atoms with Crippen LogP contribution >= 0.6 is 0 Å². The molecule has 7 rings (SSSR count). The third-order valence-corrected chi connectivity index (χ3v) is 8.72. The van der Waals surface area contributed by atoms with Gasteiger partial charge in [0.1, 0.15) is 17.6 Å². The number of hydrogen-bond acceptors (Lipinski definition) is 3. The number of halogens is 3. The number of hydrogen-bond donors (Lipinski definition) is 1. The number of benzene rings is 1. The smallest absolute Gasteiger partial charge is 0.326 e. The van der Waals surface area contributed by atoms with E-state index >= 15 is 4.39 Å². The zero-order valence-corrected chi connectivity index (χ0v) is 17.7. The molecule has 3 atom stereocenters. The van der Waals surface area contributed by atoms with Crippen LogP contribution in [-0.4, -0.2) is 47.0 Å². The lowest BCUT2D eigenvalue weighted by molar-refractivity contribution is -0.141. The van der Waals surface area contributed by atoms with E-state index in [1.807, 2.05) is 0 Å². The lowest BCUT2D eigenvalue weighted by Gasteiger charge is -2.29. The number of ether oxygens (including phenoxy) is 1. The highest BCUT2D eigenvalue weighted by molar-refractivity contribution is 5.97. The van der Waals surface area contributed by atoms with E-state index in [0.29, 0.717) is 23.2 Å². The van der Waals surface area contributed by atoms with Gasteiger partial charge < -0.3 is 14.7 Å². The quantitative estimate of drug-likeness (QED) is 0.697. The van der Waals surface area contributed by atoms with Crippen LogP contribution in [0.15, 0.2) is 12.1 Å². The molecule has 5 nitrogen and oxygen atoms in total. The summed E-state index contributed by atoms with van der Waals surface area (Å²) in [5.74, 6) is -3.78. The Morgan fingerprint density at radius 2 is 1.81 bits per heavy atom. The molecule has 0 aromatic heterocycles. The molecule has 172 valence electrons. The maximum Gasteiger partial charge on any atom is 0.326 e. The Morgan fingerprint density at radius 3 is 2.38 bits per heavy atom. The van der Waals surface area contributed by atoms with E-state index < -0.39 is 42.6 Å². The maximum atomic E-state index is 15.0.